The van der Waals surface area contributed by atoms with E-state index in [1.165, 1.54) is 0 Å². The van der Waals surface area contributed by atoms with E-state index in [0.717, 1.165) is 17.7 Å². The third kappa shape index (κ3) is 4.83. The fraction of sp³-hybridized carbons (Fsp3) is 0.471. The van der Waals surface area contributed by atoms with Crippen molar-refractivity contribution >= 4 is 29.9 Å². The van der Waals surface area contributed by atoms with Crippen LogP contribution in [0.25, 0.3) is 0 Å². The van der Waals surface area contributed by atoms with Gasteiger partial charge >= 0.3 is 0 Å². The number of aliphatic imine (C=N–C) groups is 1. The lowest BCUT2D eigenvalue weighted by Gasteiger charge is -2.38. The number of para-hydroxylation sites is 1. The van der Waals surface area contributed by atoms with Crippen LogP contribution in [0.2, 0.25) is 0 Å². The van der Waals surface area contributed by atoms with E-state index in [-0.39, 0.29) is 35.6 Å². The number of guanidine groups is 1. The average molecular weight is 457 g/mol. The topological polar surface area (TPSA) is 84.6 Å². The zero-order valence-electron chi connectivity index (χ0n) is 14.9. The molecule has 2 N–H and O–H groups in total. The van der Waals surface area contributed by atoms with Gasteiger partial charge < -0.3 is 19.9 Å². The first-order chi connectivity index (χ1) is 11.5. The first-order valence-electron chi connectivity index (χ1n) is 8.01. The summed E-state index contributed by atoms with van der Waals surface area (Å²) < 4.78 is 11.0. The minimum Gasteiger partial charge on any atom is -0.487 e. The molecule has 3 rings (SSSR count). The lowest BCUT2D eigenvalue weighted by molar-refractivity contribution is 0.0694. The first kappa shape index (κ1) is 19.5. The number of aromatic nitrogens is 2. The van der Waals surface area contributed by atoms with Crippen molar-refractivity contribution in [3.63, 3.8) is 0 Å². The number of benzene rings is 1. The van der Waals surface area contributed by atoms with Gasteiger partial charge in [0, 0.05) is 26.0 Å². The van der Waals surface area contributed by atoms with E-state index >= 15 is 0 Å². The number of nitrogens with one attached hydrogen (secondary N) is 2. The summed E-state index contributed by atoms with van der Waals surface area (Å²) in [4.78, 5) is 8.47. The van der Waals surface area contributed by atoms with E-state index in [2.05, 4.69) is 45.7 Å². The molecule has 8 heteroatoms. The van der Waals surface area contributed by atoms with E-state index in [1.54, 1.807) is 14.0 Å². The predicted molar refractivity (Wildman–Crippen MR) is 106 cm³/mol. The van der Waals surface area contributed by atoms with Crippen LogP contribution in [0.15, 0.2) is 33.8 Å². The number of aryl methyl sites for hydroxylation is 1. The number of hydrogen-bond acceptors (Lipinski definition) is 5. The Kier molecular flexibility index (Phi) is 6.26. The Hall–Kier alpha value is -1.84. The summed E-state index contributed by atoms with van der Waals surface area (Å²) in [5, 5.41) is 10.6. The van der Waals surface area contributed by atoms with E-state index in [0.29, 0.717) is 24.2 Å². The Balaban J connectivity index is 0.00000225. The van der Waals surface area contributed by atoms with Crippen LogP contribution in [-0.2, 0) is 6.54 Å². The zero-order valence-corrected chi connectivity index (χ0v) is 17.2. The molecule has 136 valence electrons. The average Bonchev–Trinajstić information content (AvgIpc) is 2.95. The molecule has 0 saturated carbocycles. The van der Waals surface area contributed by atoms with Crippen molar-refractivity contribution in [2.75, 3.05) is 7.05 Å². The molecule has 1 atom stereocenters. The van der Waals surface area contributed by atoms with E-state index in [4.69, 9.17) is 9.26 Å². The molecule has 0 saturated heterocycles. The summed E-state index contributed by atoms with van der Waals surface area (Å²) in [6, 6.07) is 8.21. The molecular weight excluding hydrogens is 433 g/mol. The molecule has 25 heavy (non-hydrogen) atoms. The molecule has 7 nitrogen and oxygen atoms in total. The van der Waals surface area contributed by atoms with E-state index in [1.807, 2.05) is 18.2 Å². The van der Waals surface area contributed by atoms with Crippen LogP contribution < -0.4 is 15.4 Å². The summed E-state index contributed by atoms with van der Waals surface area (Å²) in [5.74, 6) is 2.75. The molecule has 1 aliphatic rings. The number of halogens is 1. The lowest BCUT2D eigenvalue weighted by atomic mass is 9.90. The van der Waals surface area contributed by atoms with Crippen LogP contribution in [-0.4, -0.2) is 28.7 Å². The summed E-state index contributed by atoms with van der Waals surface area (Å²) in [7, 11) is 1.74. The zero-order chi connectivity index (χ0) is 17.2. The second-order valence-corrected chi connectivity index (χ2v) is 6.46. The summed E-state index contributed by atoms with van der Waals surface area (Å²) in [6.45, 7) is 6.40. The van der Waals surface area contributed by atoms with Gasteiger partial charge in [0.05, 0.1) is 12.6 Å². The monoisotopic (exact) mass is 457 g/mol. The molecule has 1 unspecified atom stereocenters. The normalized spacial score (nSPS) is 18.6. The standard InChI is InChI=1S/C17H23N5O2.HI/c1-11-20-15(22-24-11)10-19-16(18-4)21-13-9-17(2,3)23-14-8-6-5-7-12(13)14;/h5-8,13H,9-10H2,1-4H3,(H2,18,19,21);1H. The largest absolute Gasteiger partial charge is 0.487 e. The summed E-state index contributed by atoms with van der Waals surface area (Å²) in [5.41, 5.74) is 0.894. The van der Waals surface area contributed by atoms with Crippen molar-refractivity contribution in [1.82, 2.24) is 20.8 Å². The SMILES string of the molecule is CN=C(NCc1noc(C)n1)NC1CC(C)(C)Oc2ccccc21.I. The third-order valence-electron chi connectivity index (χ3n) is 3.89. The van der Waals surface area contributed by atoms with E-state index < -0.39 is 0 Å². The minimum atomic E-state index is -0.240. The number of hydrogen-bond donors (Lipinski definition) is 2. The molecule has 0 bridgehead atoms. The quantitative estimate of drug-likeness (QED) is 0.419. The molecule has 0 spiro atoms. The lowest BCUT2D eigenvalue weighted by Crippen LogP contribution is -2.45. The summed E-state index contributed by atoms with van der Waals surface area (Å²) in [6.07, 6.45) is 0.839. The second-order valence-electron chi connectivity index (χ2n) is 6.46. The van der Waals surface area contributed by atoms with Crippen LogP contribution in [0.1, 0.15) is 43.6 Å². The van der Waals surface area contributed by atoms with Crippen molar-refractivity contribution < 1.29 is 9.26 Å². The molecule has 0 radical (unpaired) electrons. The highest BCUT2D eigenvalue weighted by molar-refractivity contribution is 14.0. The maximum absolute atomic E-state index is 6.06. The number of ether oxygens (including phenoxy) is 1. The minimum absolute atomic E-state index is 0. The van der Waals surface area contributed by atoms with Gasteiger partial charge in [-0.15, -0.1) is 24.0 Å². The molecule has 0 aliphatic carbocycles. The van der Waals surface area contributed by atoms with Gasteiger partial charge in [0.1, 0.15) is 11.4 Å². The van der Waals surface area contributed by atoms with Crippen LogP contribution in [0.4, 0.5) is 0 Å². The van der Waals surface area contributed by atoms with Crippen LogP contribution in [0.3, 0.4) is 0 Å². The predicted octanol–water partition coefficient (Wildman–Crippen LogP) is 2.96. The summed E-state index contributed by atoms with van der Waals surface area (Å²) >= 11 is 0. The Morgan fingerprint density at radius 2 is 2.12 bits per heavy atom. The van der Waals surface area contributed by atoms with Gasteiger partial charge in [-0.2, -0.15) is 4.98 Å². The van der Waals surface area contributed by atoms with Gasteiger partial charge in [-0.3, -0.25) is 4.99 Å². The Morgan fingerprint density at radius 3 is 2.80 bits per heavy atom. The molecular formula is C17H24IN5O2. The highest BCUT2D eigenvalue weighted by atomic mass is 127. The molecule has 1 aromatic heterocycles. The van der Waals surface area contributed by atoms with Gasteiger partial charge in [0.15, 0.2) is 11.8 Å². The van der Waals surface area contributed by atoms with Gasteiger partial charge in [-0.25, -0.2) is 0 Å². The van der Waals surface area contributed by atoms with Crippen LogP contribution in [0, 0.1) is 6.92 Å². The smallest absolute Gasteiger partial charge is 0.223 e. The first-order valence-corrected chi connectivity index (χ1v) is 8.01. The fourth-order valence-corrected chi connectivity index (χ4v) is 2.87. The highest BCUT2D eigenvalue weighted by Gasteiger charge is 2.33. The second kappa shape index (κ2) is 8.03. The number of nitrogens with zero attached hydrogens (tertiary/aromatic N) is 3. The van der Waals surface area contributed by atoms with Gasteiger partial charge in [-0.05, 0) is 19.9 Å². The van der Waals surface area contributed by atoms with Gasteiger partial charge in [0.2, 0.25) is 5.89 Å². The maximum atomic E-state index is 6.06. The van der Waals surface area contributed by atoms with Gasteiger partial charge in [-0.1, -0.05) is 23.4 Å². The fourth-order valence-electron chi connectivity index (χ4n) is 2.87. The third-order valence-corrected chi connectivity index (χ3v) is 3.89. The Morgan fingerprint density at radius 1 is 1.36 bits per heavy atom. The van der Waals surface area contributed by atoms with Crippen molar-refractivity contribution in [3.05, 3.63) is 41.5 Å². The van der Waals surface area contributed by atoms with Crippen LogP contribution >= 0.6 is 24.0 Å². The Labute approximate surface area is 164 Å². The van der Waals surface area contributed by atoms with Gasteiger partial charge in [0.25, 0.3) is 0 Å². The maximum Gasteiger partial charge on any atom is 0.223 e. The molecule has 2 heterocycles. The Bertz CT molecular complexity index is 744. The van der Waals surface area contributed by atoms with Crippen molar-refractivity contribution in [3.8, 4) is 5.75 Å². The van der Waals surface area contributed by atoms with Crippen molar-refractivity contribution in [2.45, 2.75) is 45.4 Å². The highest BCUT2D eigenvalue weighted by Crippen LogP contribution is 2.39. The number of rotatable bonds is 3. The molecule has 1 aromatic carbocycles. The van der Waals surface area contributed by atoms with E-state index in [9.17, 15) is 0 Å². The molecule has 0 amide bonds. The molecule has 0 fully saturated rings. The molecule has 1 aliphatic heterocycles. The molecule has 2 aromatic rings. The van der Waals surface area contributed by atoms with Crippen molar-refractivity contribution in [2.24, 2.45) is 4.99 Å². The van der Waals surface area contributed by atoms with Crippen molar-refractivity contribution in [1.29, 1.82) is 0 Å². The number of fused-ring (bicyclic) bond motifs is 1. The van der Waals surface area contributed by atoms with Crippen LogP contribution in [0.5, 0.6) is 5.75 Å².